The highest BCUT2D eigenvalue weighted by molar-refractivity contribution is 5.72. The first-order valence-electron chi connectivity index (χ1n) is 6.38. The van der Waals surface area contributed by atoms with E-state index < -0.39 is 18.0 Å². The van der Waals surface area contributed by atoms with Crippen molar-refractivity contribution in [1.29, 1.82) is 0 Å². The molecule has 1 aromatic rings. The molecule has 1 aromatic carbocycles. The topological polar surface area (TPSA) is 104 Å². The van der Waals surface area contributed by atoms with Crippen LogP contribution in [0.3, 0.4) is 0 Å². The zero-order chi connectivity index (χ0) is 15.7. The average molecular weight is 295 g/mol. The van der Waals surface area contributed by atoms with Crippen LogP contribution >= 0.6 is 0 Å². The highest BCUT2D eigenvalue weighted by atomic mass is 16.6. The van der Waals surface area contributed by atoms with E-state index in [9.17, 15) is 14.4 Å². The molecule has 114 valence electrons. The Morgan fingerprint density at radius 1 is 0.952 bits per heavy atom. The van der Waals surface area contributed by atoms with E-state index in [4.69, 9.17) is 14.9 Å². The monoisotopic (exact) mass is 295 g/mol. The lowest BCUT2D eigenvalue weighted by atomic mass is 10.2. The Morgan fingerprint density at radius 3 is 1.95 bits per heavy atom. The van der Waals surface area contributed by atoms with E-state index in [2.05, 4.69) is 0 Å². The Balaban J connectivity index is 2.52. The number of amides is 1. The van der Waals surface area contributed by atoms with Crippen LogP contribution < -0.4 is 0 Å². The minimum atomic E-state index is -1.06. The van der Waals surface area contributed by atoms with E-state index >= 15 is 0 Å². The average Bonchev–Trinajstić information content (AvgIpc) is 2.45. The minimum absolute atomic E-state index is 0.0519. The van der Waals surface area contributed by atoms with Gasteiger partial charge in [0, 0.05) is 13.1 Å². The third-order valence-corrected chi connectivity index (χ3v) is 2.65. The lowest BCUT2D eigenvalue weighted by Gasteiger charge is -2.20. The number of hydrogen-bond donors (Lipinski definition) is 2. The van der Waals surface area contributed by atoms with Gasteiger partial charge >= 0.3 is 18.0 Å². The molecule has 0 saturated carbocycles. The molecular weight excluding hydrogens is 278 g/mol. The number of carbonyl (C=O) groups is 3. The van der Waals surface area contributed by atoms with Crippen LogP contribution in [0.25, 0.3) is 0 Å². The molecule has 0 saturated heterocycles. The summed E-state index contributed by atoms with van der Waals surface area (Å²) in [6.45, 7) is -0.122. The predicted octanol–water partition coefficient (Wildman–Crippen LogP) is 1.57. The molecule has 7 nitrogen and oxygen atoms in total. The number of aliphatic carboxylic acids is 2. The van der Waals surface area contributed by atoms with E-state index in [1.165, 1.54) is 0 Å². The molecule has 0 aliphatic carbocycles. The van der Waals surface area contributed by atoms with E-state index in [-0.39, 0.29) is 32.5 Å². The fourth-order valence-corrected chi connectivity index (χ4v) is 1.57. The van der Waals surface area contributed by atoms with Crippen LogP contribution in [0.1, 0.15) is 18.4 Å². The fourth-order valence-electron chi connectivity index (χ4n) is 1.57. The molecule has 21 heavy (non-hydrogen) atoms. The van der Waals surface area contributed by atoms with Crippen molar-refractivity contribution in [3.05, 3.63) is 35.9 Å². The number of ether oxygens (including phenoxy) is 1. The van der Waals surface area contributed by atoms with Crippen LogP contribution in [-0.4, -0.2) is 46.2 Å². The lowest BCUT2D eigenvalue weighted by Crippen LogP contribution is -2.35. The summed E-state index contributed by atoms with van der Waals surface area (Å²) in [6, 6.07) is 9.00. The first kappa shape index (κ1) is 16.5. The molecule has 0 atom stereocenters. The zero-order valence-corrected chi connectivity index (χ0v) is 11.4. The quantitative estimate of drug-likeness (QED) is 0.754. The molecular formula is C14H17NO6. The van der Waals surface area contributed by atoms with Crippen molar-refractivity contribution in [3.8, 4) is 0 Å². The second kappa shape index (κ2) is 8.57. The second-order valence-electron chi connectivity index (χ2n) is 4.31. The van der Waals surface area contributed by atoms with E-state index in [0.29, 0.717) is 0 Å². The summed E-state index contributed by atoms with van der Waals surface area (Å²) in [5.41, 5.74) is 0.794. The van der Waals surface area contributed by atoms with Gasteiger partial charge in [-0.05, 0) is 5.56 Å². The van der Waals surface area contributed by atoms with E-state index in [0.717, 1.165) is 10.5 Å². The minimum Gasteiger partial charge on any atom is -0.481 e. The second-order valence-corrected chi connectivity index (χ2v) is 4.31. The molecule has 1 amide bonds. The van der Waals surface area contributed by atoms with Gasteiger partial charge in [0.1, 0.15) is 6.61 Å². The van der Waals surface area contributed by atoms with Gasteiger partial charge in [0.2, 0.25) is 0 Å². The van der Waals surface area contributed by atoms with Gasteiger partial charge in [-0.25, -0.2) is 4.79 Å². The Hall–Kier alpha value is -2.57. The normalized spacial score (nSPS) is 9.90. The summed E-state index contributed by atoms with van der Waals surface area (Å²) in [6.07, 6.45) is -1.25. The van der Waals surface area contributed by atoms with Gasteiger partial charge in [-0.2, -0.15) is 0 Å². The SMILES string of the molecule is O=C(O)CCN(CCC(=O)O)C(=O)OCc1ccccc1. The van der Waals surface area contributed by atoms with Crippen molar-refractivity contribution < 1.29 is 29.3 Å². The van der Waals surface area contributed by atoms with Crippen molar-refractivity contribution in [2.45, 2.75) is 19.4 Å². The van der Waals surface area contributed by atoms with Gasteiger partial charge in [-0.15, -0.1) is 0 Å². The van der Waals surface area contributed by atoms with Gasteiger partial charge in [-0.3, -0.25) is 9.59 Å². The number of nitrogens with zero attached hydrogens (tertiary/aromatic N) is 1. The van der Waals surface area contributed by atoms with Crippen LogP contribution in [0.15, 0.2) is 30.3 Å². The number of rotatable bonds is 8. The molecule has 0 aromatic heterocycles. The molecule has 7 heteroatoms. The van der Waals surface area contributed by atoms with Gasteiger partial charge in [0.15, 0.2) is 0 Å². The maximum atomic E-state index is 11.9. The molecule has 0 radical (unpaired) electrons. The first-order valence-corrected chi connectivity index (χ1v) is 6.38. The fraction of sp³-hybridized carbons (Fsp3) is 0.357. The number of hydrogen-bond acceptors (Lipinski definition) is 4. The Kier molecular flexibility index (Phi) is 6.73. The maximum absolute atomic E-state index is 11.9. The van der Waals surface area contributed by atoms with Crippen molar-refractivity contribution in [3.63, 3.8) is 0 Å². The van der Waals surface area contributed by atoms with Gasteiger partial charge in [-0.1, -0.05) is 30.3 Å². The molecule has 0 spiro atoms. The molecule has 0 heterocycles. The Morgan fingerprint density at radius 2 is 1.48 bits per heavy atom. The van der Waals surface area contributed by atoms with Crippen molar-refractivity contribution in [2.24, 2.45) is 0 Å². The van der Waals surface area contributed by atoms with Crippen LogP contribution in [0.5, 0.6) is 0 Å². The number of benzene rings is 1. The van der Waals surface area contributed by atoms with Crippen molar-refractivity contribution >= 4 is 18.0 Å². The summed E-state index contributed by atoms with van der Waals surface area (Å²) in [7, 11) is 0. The van der Waals surface area contributed by atoms with E-state index in [1.54, 1.807) is 24.3 Å². The highest BCUT2D eigenvalue weighted by Gasteiger charge is 2.17. The summed E-state index contributed by atoms with van der Waals surface area (Å²) >= 11 is 0. The summed E-state index contributed by atoms with van der Waals surface area (Å²) in [4.78, 5) is 34.0. The number of carbonyl (C=O) groups excluding carboxylic acids is 1. The Labute approximate surface area is 121 Å². The van der Waals surface area contributed by atoms with E-state index in [1.807, 2.05) is 6.07 Å². The largest absolute Gasteiger partial charge is 0.481 e. The van der Waals surface area contributed by atoms with Crippen LogP contribution in [-0.2, 0) is 20.9 Å². The first-order chi connectivity index (χ1) is 9.99. The number of carboxylic acids is 2. The summed E-state index contributed by atoms with van der Waals surface area (Å²) in [5.74, 6) is -2.13. The maximum Gasteiger partial charge on any atom is 0.410 e. The van der Waals surface area contributed by atoms with Gasteiger partial charge < -0.3 is 19.8 Å². The third-order valence-electron chi connectivity index (χ3n) is 2.65. The molecule has 0 aliphatic heterocycles. The molecule has 0 aliphatic rings. The smallest absolute Gasteiger partial charge is 0.410 e. The standard InChI is InChI=1S/C14H17NO6/c16-12(17)6-8-15(9-7-13(18)19)14(20)21-10-11-4-2-1-3-5-11/h1-5H,6-10H2,(H,16,17)(H,18,19). The predicted molar refractivity (Wildman–Crippen MR) is 72.7 cm³/mol. The lowest BCUT2D eigenvalue weighted by molar-refractivity contribution is -0.137. The highest BCUT2D eigenvalue weighted by Crippen LogP contribution is 2.05. The molecule has 0 bridgehead atoms. The van der Waals surface area contributed by atoms with Crippen LogP contribution in [0, 0.1) is 0 Å². The summed E-state index contributed by atoms with van der Waals surface area (Å²) < 4.78 is 5.06. The van der Waals surface area contributed by atoms with Gasteiger partial charge in [0.25, 0.3) is 0 Å². The molecule has 0 fully saturated rings. The zero-order valence-electron chi connectivity index (χ0n) is 11.4. The van der Waals surface area contributed by atoms with Crippen molar-refractivity contribution in [1.82, 2.24) is 4.90 Å². The van der Waals surface area contributed by atoms with Crippen molar-refractivity contribution in [2.75, 3.05) is 13.1 Å². The Bertz CT molecular complexity index is 469. The molecule has 0 unspecified atom stereocenters. The molecule has 1 rings (SSSR count). The van der Waals surface area contributed by atoms with Crippen LogP contribution in [0.2, 0.25) is 0 Å². The summed E-state index contributed by atoms with van der Waals surface area (Å²) in [5, 5.41) is 17.3. The van der Waals surface area contributed by atoms with Crippen LogP contribution in [0.4, 0.5) is 4.79 Å². The van der Waals surface area contributed by atoms with Gasteiger partial charge in [0.05, 0.1) is 12.8 Å². The number of carboxylic acid groups (broad SMARTS) is 2. The third kappa shape index (κ3) is 6.95. The molecule has 2 N–H and O–H groups in total.